The molecule has 0 aliphatic heterocycles. The summed E-state index contributed by atoms with van der Waals surface area (Å²) >= 11 is 0. The lowest BCUT2D eigenvalue weighted by molar-refractivity contribution is 1.19. The van der Waals surface area contributed by atoms with Crippen molar-refractivity contribution >= 4 is 6.08 Å². The first kappa shape index (κ1) is 8.55. The summed E-state index contributed by atoms with van der Waals surface area (Å²) in [5, 5.41) is 0. The molecule has 12 heavy (non-hydrogen) atoms. The van der Waals surface area contributed by atoms with Gasteiger partial charge in [-0.1, -0.05) is 12.1 Å². The Kier molecular flexibility index (Phi) is 3.10. The minimum Gasteiger partial charge on any atom is -0.257 e. The Bertz CT molecular complexity index is 318. The molecule has 0 radical (unpaired) electrons. The zero-order valence-corrected chi connectivity index (χ0v) is 7.12. The van der Waals surface area contributed by atoms with Crippen molar-refractivity contribution in [2.45, 2.75) is 13.3 Å². The Labute approximate surface area is 73.2 Å². The highest BCUT2D eigenvalue weighted by Gasteiger charge is 1.95. The highest BCUT2D eigenvalue weighted by molar-refractivity contribution is 5.49. The summed E-state index contributed by atoms with van der Waals surface area (Å²) in [6.45, 7) is 1.97. The van der Waals surface area contributed by atoms with Gasteiger partial charge in [-0.05, 0) is 24.6 Å². The summed E-state index contributed by atoms with van der Waals surface area (Å²) in [7, 11) is 0. The molecule has 1 aromatic heterocycles. The second kappa shape index (κ2) is 4.35. The van der Waals surface area contributed by atoms with Crippen LogP contribution in [-0.2, 0) is 6.42 Å². The molecule has 0 aliphatic carbocycles. The van der Waals surface area contributed by atoms with Gasteiger partial charge >= 0.3 is 0 Å². The Morgan fingerprint density at radius 3 is 3.17 bits per heavy atom. The third-order valence-electron chi connectivity index (χ3n) is 1.54. The van der Waals surface area contributed by atoms with Gasteiger partial charge in [-0.15, -0.1) is 12.3 Å². The quantitative estimate of drug-likeness (QED) is 0.600. The van der Waals surface area contributed by atoms with E-state index in [4.69, 9.17) is 6.42 Å². The van der Waals surface area contributed by atoms with E-state index < -0.39 is 0 Å². The summed E-state index contributed by atoms with van der Waals surface area (Å²) < 4.78 is 0. The van der Waals surface area contributed by atoms with Gasteiger partial charge in [0.1, 0.15) is 0 Å². The first-order valence-electron chi connectivity index (χ1n) is 3.88. The predicted octanol–water partition coefficient (Wildman–Crippen LogP) is 2.29. The lowest BCUT2D eigenvalue weighted by Crippen LogP contribution is -1.89. The summed E-state index contributed by atoms with van der Waals surface area (Å²) in [6.07, 6.45) is 11.6. The number of aromatic nitrogens is 1. The largest absolute Gasteiger partial charge is 0.257 e. The number of hydrogen-bond donors (Lipinski definition) is 0. The number of rotatable bonds is 2. The molecule has 0 fully saturated rings. The van der Waals surface area contributed by atoms with Crippen LogP contribution in [0.15, 0.2) is 24.4 Å². The van der Waals surface area contributed by atoms with Gasteiger partial charge < -0.3 is 0 Å². The zero-order valence-electron chi connectivity index (χ0n) is 7.12. The van der Waals surface area contributed by atoms with Crippen LogP contribution in [0.4, 0.5) is 0 Å². The normalized spacial score (nSPS) is 10.0. The van der Waals surface area contributed by atoms with Gasteiger partial charge in [-0.2, -0.15) is 0 Å². The lowest BCUT2D eigenvalue weighted by atomic mass is 10.1. The highest BCUT2D eigenvalue weighted by atomic mass is 14.7. The Morgan fingerprint density at radius 1 is 1.67 bits per heavy atom. The van der Waals surface area contributed by atoms with E-state index in [9.17, 15) is 0 Å². The molecule has 0 unspecified atom stereocenters. The molecule has 60 valence electrons. The zero-order chi connectivity index (χ0) is 8.81. The van der Waals surface area contributed by atoms with Crippen LogP contribution in [0.3, 0.4) is 0 Å². The van der Waals surface area contributed by atoms with E-state index in [1.807, 2.05) is 31.2 Å². The molecule has 1 rings (SSSR count). The Balaban J connectivity index is 3.01. The SMILES string of the molecule is C#CCc1cccnc1/C=C\C. The van der Waals surface area contributed by atoms with Crippen LogP contribution in [0.25, 0.3) is 6.08 Å². The maximum Gasteiger partial charge on any atom is 0.0668 e. The molecule has 0 bridgehead atoms. The van der Waals surface area contributed by atoms with Crippen LogP contribution in [0.2, 0.25) is 0 Å². The molecule has 0 aromatic carbocycles. The number of nitrogens with zero attached hydrogens (tertiary/aromatic N) is 1. The molecule has 1 nitrogen and oxygen atoms in total. The Hall–Kier alpha value is -1.55. The van der Waals surface area contributed by atoms with Crippen molar-refractivity contribution in [3.8, 4) is 12.3 Å². The minimum atomic E-state index is 0.646. The summed E-state index contributed by atoms with van der Waals surface area (Å²) in [6, 6.07) is 3.90. The number of pyridine rings is 1. The van der Waals surface area contributed by atoms with Crippen molar-refractivity contribution in [2.24, 2.45) is 0 Å². The molecule has 0 saturated heterocycles. The van der Waals surface area contributed by atoms with Gasteiger partial charge in [0.15, 0.2) is 0 Å². The lowest BCUT2D eigenvalue weighted by Gasteiger charge is -1.98. The first-order chi connectivity index (χ1) is 5.88. The standard InChI is InChI=1S/C11H11N/c1-3-6-10-8-5-9-12-11(10)7-4-2/h1,4-5,7-9H,6H2,2H3/b7-4-. The molecule has 1 heterocycles. The first-order valence-corrected chi connectivity index (χ1v) is 3.88. The van der Waals surface area contributed by atoms with Crippen LogP contribution in [0, 0.1) is 12.3 Å². The highest BCUT2D eigenvalue weighted by Crippen LogP contribution is 2.07. The van der Waals surface area contributed by atoms with Crippen LogP contribution >= 0.6 is 0 Å². The molecule has 1 aromatic rings. The smallest absolute Gasteiger partial charge is 0.0668 e. The molecule has 0 spiro atoms. The average Bonchev–Trinajstić information content (AvgIpc) is 2.09. The fourth-order valence-electron chi connectivity index (χ4n) is 1.02. The number of allylic oxidation sites excluding steroid dienone is 1. The van der Waals surface area contributed by atoms with Crippen LogP contribution in [-0.4, -0.2) is 4.98 Å². The monoisotopic (exact) mass is 157 g/mol. The second-order valence-electron chi connectivity index (χ2n) is 2.43. The van der Waals surface area contributed by atoms with Crippen molar-refractivity contribution < 1.29 is 0 Å². The minimum absolute atomic E-state index is 0.646. The van der Waals surface area contributed by atoms with Gasteiger partial charge in [-0.25, -0.2) is 0 Å². The van der Waals surface area contributed by atoms with Crippen LogP contribution in [0.1, 0.15) is 18.2 Å². The van der Waals surface area contributed by atoms with Crippen molar-refractivity contribution in [3.05, 3.63) is 35.7 Å². The van der Waals surface area contributed by atoms with E-state index >= 15 is 0 Å². The molecule has 0 aliphatic rings. The van der Waals surface area contributed by atoms with Gasteiger partial charge in [0.25, 0.3) is 0 Å². The molecule has 1 heteroatoms. The number of hydrogen-bond acceptors (Lipinski definition) is 1. The van der Waals surface area contributed by atoms with E-state index in [1.165, 1.54) is 0 Å². The van der Waals surface area contributed by atoms with E-state index in [-0.39, 0.29) is 0 Å². The maximum atomic E-state index is 5.22. The maximum absolute atomic E-state index is 5.22. The van der Waals surface area contributed by atoms with Crippen molar-refractivity contribution in [2.75, 3.05) is 0 Å². The van der Waals surface area contributed by atoms with Crippen molar-refractivity contribution in [1.82, 2.24) is 4.98 Å². The molecule has 0 N–H and O–H groups in total. The van der Waals surface area contributed by atoms with Gasteiger partial charge in [0.05, 0.1) is 5.69 Å². The topological polar surface area (TPSA) is 12.9 Å². The van der Waals surface area contributed by atoms with Gasteiger partial charge in [-0.3, -0.25) is 4.98 Å². The fourth-order valence-corrected chi connectivity index (χ4v) is 1.02. The third kappa shape index (κ3) is 1.96. The Morgan fingerprint density at radius 2 is 2.50 bits per heavy atom. The van der Waals surface area contributed by atoms with E-state index in [0.717, 1.165) is 11.3 Å². The van der Waals surface area contributed by atoms with E-state index in [0.29, 0.717) is 6.42 Å². The van der Waals surface area contributed by atoms with Gasteiger partial charge in [0.2, 0.25) is 0 Å². The van der Waals surface area contributed by atoms with Gasteiger partial charge in [0, 0.05) is 12.6 Å². The summed E-state index contributed by atoms with van der Waals surface area (Å²) in [5.41, 5.74) is 2.08. The summed E-state index contributed by atoms with van der Waals surface area (Å²) in [4.78, 5) is 4.20. The van der Waals surface area contributed by atoms with Crippen LogP contribution < -0.4 is 0 Å². The van der Waals surface area contributed by atoms with Crippen molar-refractivity contribution in [1.29, 1.82) is 0 Å². The molecule has 0 atom stereocenters. The predicted molar refractivity (Wildman–Crippen MR) is 51.5 cm³/mol. The third-order valence-corrected chi connectivity index (χ3v) is 1.54. The summed E-state index contributed by atoms with van der Waals surface area (Å²) in [5.74, 6) is 2.61. The number of terminal acetylenes is 1. The molecular formula is C11H11N. The van der Waals surface area contributed by atoms with E-state index in [1.54, 1.807) is 6.20 Å². The molecule has 0 amide bonds. The van der Waals surface area contributed by atoms with E-state index in [2.05, 4.69) is 10.9 Å². The van der Waals surface area contributed by atoms with Crippen LogP contribution in [0.5, 0.6) is 0 Å². The fraction of sp³-hybridized carbons (Fsp3) is 0.182. The molecule has 0 saturated carbocycles. The molecular weight excluding hydrogens is 146 g/mol. The van der Waals surface area contributed by atoms with Crippen molar-refractivity contribution in [3.63, 3.8) is 0 Å². The second-order valence-corrected chi connectivity index (χ2v) is 2.43. The average molecular weight is 157 g/mol.